The van der Waals surface area contributed by atoms with Crippen LogP contribution in [0, 0.1) is 6.92 Å². The van der Waals surface area contributed by atoms with E-state index in [2.05, 4.69) is 19.2 Å². The zero-order chi connectivity index (χ0) is 30.3. The molecule has 1 saturated carbocycles. The van der Waals surface area contributed by atoms with E-state index in [1.165, 1.54) is 16.4 Å². The fourth-order valence-electron chi connectivity index (χ4n) is 5.53. The van der Waals surface area contributed by atoms with Gasteiger partial charge in [-0.3, -0.25) is 13.9 Å². The van der Waals surface area contributed by atoms with Crippen LogP contribution in [0.1, 0.15) is 75.5 Å². The van der Waals surface area contributed by atoms with Crippen molar-refractivity contribution in [2.45, 2.75) is 89.2 Å². The molecular formula is C34H43N3O4S. The Morgan fingerprint density at radius 1 is 0.905 bits per heavy atom. The second kappa shape index (κ2) is 14.0. The molecule has 1 aliphatic rings. The molecular weight excluding hydrogens is 546 g/mol. The zero-order valence-corrected chi connectivity index (χ0v) is 25.9. The number of benzene rings is 3. The molecule has 1 atom stereocenters. The van der Waals surface area contributed by atoms with Gasteiger partial charge in [0, 0.05) is 12.6 Å². The van der Waals surface area contributed by atoms with Gasteiger partial charge in [0.05, 0.1) is 10.6 Å². The highest BCUT2D eigenvalue weighted by atomic mass is 32.2. The molecule has 0 bridgehead atoms. The minimum absolute atomic E-state index is 0.0993. The molecule has 0 radical (unpaired) electrons. The summed E-state index contributed by atoms with van der Waals surface area (Å²) in [6.45, 7) is 7.77. The van der Waals surface area contributed by atoms with Gasteiger partial charge in [-0.25, -0.2) is 8.42 Å². The third kappa shape index (κ3) is 7.40. The summed E-state index contributed by atoms with van der Waals surface area (Å²) in [5.74, 6) is -0.350. The summed E-state index contributed by atoms with van der Waals surface area (Å²) >= 11 is 0. The highest BCUT2D eigenvalue weighted by molar-refractivity contribution is 7.92. The first-order valence-corrected chi connectivity index (χ1v) is 16.4. The average molecular weight is 590 g/mol. The normalized spacial score (nSPS) is 14.5. The van der Waals surface area contributed by atoms with E-state index in [9.17, 15) is 18.0 Å². The minimum Gasteiger partial charge on any atom is -0.352 e. The first-order valence-electron chi connectivity index (χ1n) is 14.9. The Morgan fingerprint density at radius 3 is 2.12 bits per heavy atom. The topological polar surface area (TPSA) is 86.8 Å². The third-order valence-corrected chi connectivity index (χ3v) is 9.94. The smallest absolute Gasteiger partial charge is 0.264 e. The Hall–Kier alpha value is -3.65. The fourth-order valence-corrected chi connectivity index (χ4v) is 6.97. The molecule has 0 saturated heterocycles. The lowest BCUT2D eigenvalue weighted by Crippen LogP contribution is -2.53. The van der Waals surface area contributed by atoms with Crippen LogP contribution in [0.3, 0.4) is 0 Å². The Morgan fingerprint density at radius 2 is 1.52 bits per heavy atom. The van der Waals surface area contributed by atoms with Crippen LogP contribution in [0.4, 0.5) is 5.69 Å². The van der Waals surface area contributed by atoms with Crippen LogP contribution in [0.25, 0.3) is 0 Å². The molecule has 7 nitrogen and oxygen atoms in total. The van der Waals surface area contributed by atoms with E-state index in [4.69, 9.17) is 0 Å². The number of hydrogen-bond donors (Lipinski definition) is 1. The van der Waals surface area contributed by atoms with Crippen molar-refractivity contribution in [1.29, 1.82) is 0 Å². The standard InChI is InChI=1S/C34H43N3O4S/c1-5-32(34(39)35-29-15-11-12-16-29)36(23-28-14-10-9-13-26(28)4)33(38)24-37(30-21-19-27(20-22-30)25(2)3)42(40,41)31-17-7-6-8-18-31/h6-10,13-14,17-22,25,29,32H,5,11-12,15-16,23-24H2,1-4H3,(H,35,39)/t32-/m1/s1. The summed E-state index contributed by atoms with van der Waals surface area (Å²) in [5.41, 5.74) is 3.38. The molecule has 1 fully saturated rings. The Bertz CT molecular complexity index is 1450. The van der Waals surface area contributed by atoms with E-state index in [-0.39, 0.29) is 29.3 Å². The number of rotatable bonds is 12. The predicted molar refractivity (Wildman–Crippen MR) is 168 cm³/mol. The van der Waals surface area contributed by atoms with Crippen molar-refractivity contribution in [2.75, 3.05) is 10.8 Å². The molecule has 224 valence electrons. The number of sulfonamides is 1. The maximum Gasteiger partial charge on any atom is 0.264 e. The first-order chi connectivity index (χ1) is 20.1. The number of carbonyl (C=O) groups excluding carboxylic acids is 2. The van der Waals surface area contributed by atoms with Crippen LogP contribution in [0.2, 0.25) is 0 Å². The minimum atomic E-state index is -4.08. The van der Waals surface area contributed by atoms with Gasteiger partial charge in [-0.05, 0) is 73.1 Å². The predicted octanol–water partition coefficient (Wildman–Crippen LogP) is 6.18. The van der Waals surface area contributed by atoms with Gasteiger partial charge in [-0.1, -0.05) is 88.2 Å². The second-order valence-corrected chi connectivity index (χ2v) is 13.3. The highest BCUT2D eigenvalue weighted by Gasteiger charge is 2.34. The molecule has 0 aromatic heterocycles. The Labute approximate surface area is 251 Å². The Kier molecular flexibility index (Phi) is 10.4. The van der Waals surface area contributed by atoms with Crippen LogP contribution in [-0.4, -0.2) is 43.8 Å². The van der Waals surface area contributed by atoms with Crippen LogP contribution in [0.15, 0.2) is 83.8 Å². The summed E-state index contributed by atoms with van der Waals surface area (Å²) < 4.78 is 29.2. The quantitative estimate of drug-likeness (QED) is 0.273. The zero-order valence-electron chi connectivity index (χ0n) is 25.1. The van der Waals surface area contributed by atoms with Crippen molar-refractivity contribution in [3.8, 4) is 0 Å². The van der Waals surface area contributed by atoms with Gasteiger partial charge in [0.25, 0.3) is 10.0 Å². The summed E-state index contributed by atoms with van der Waals surface area (Å²) in [7, 11) is -4.08. The second-order valence-electron chi connectivity index (χ2n) is 11.4. The molecule has 0 aliphatic heterocycles. The number of aryl methyl sites for hydroxylation is 1. The van der Waals surface area contributed by atoms with Gasteiger partial charge in [0.2, 0.25) is 11.8 Å². The third-order valence-electron chi connectivity index (χ3n) is 8.15. The van der Waals surface area contributed by atoms with Crippen LogP contribution < -0.4 is 9.62 Å². The fraction of sp³-hybridized carbons (Fsp3) is 0.412. The number of anilines is 1. The molecule has 3 aromatic carbocycles. The lowest BCUT2D eigenvalue weighted by atomic mass is 10.0. The number of carbonyl (C=O) groups is 2. The van der Waals surface area contributed by atoms with Gasteiger partial charge in [0.15, 0.2) is 0 Å². The van der Waals surface area contributed by atoms with Crippen molar-refractivity contribution in [3.05, 3.63) is 95.6 Å². The van der Waals surface area contributed by atoms with Crippen molar-refractivity contribution < 1.29 is 18.0 Å². The number of hydrogen-bond acceptors (Lipinski definition) is 4. The highest BCUT2D eigenvalue weighted by Crippen LogP contribution is 2.27. The molecule has 2 amide bonds. The number of nitrogens with zero attached hydrogens (tertiary/aromatic N) is 2. The Balaban J connectivity index is 1.72. The van der Waals surface area contributed by atoms with E-state index >= 15 is 0 Å². The van der Waals surface area contributed by atoms with E-state index in [0.29, 0.717) is 12.1 Å². The molecule has 42 heavy (non-hydrogen) atoms. The van der Waals surface area contributed by atoms with Crippen LogP contribution in [-0.2, 0) is 26.2 Å². The van der Waals surface area contributed by atoms with Gasteiger partial charge in [-0.15, -0.1) is 0 Å². The molecule has 0 heterocycles. The summed E-state index contributed by atoms with van der Waals surface area (Å²) in [5, 5.41) is 3.16. The lowest BCUT2D eigenvalue weighted by molar-refractivity contribution is -0.140. The maximum absolute atomic E-state index is 14.3. The molecule has 0 spiro atoms. The number of nitrogens with one attached hydrogen (secondary N) is 1. The lowest BCUT2D eigenvalue weighted by Gasteiger charge is -2.34. The summed E-state index contributed by atoms with van der Waals surface area (Å²) in [6.07, 6.45) is 4.43. The van der Waals surface area contributed by atoms with E-state index < -0.39 is 28.5 Å². The van der Waals surface area contributed by atoms with Crippen LogP contribution in [0.5, 0.6) is 0 Å². The van der Waals surface area contributed by atoms with Crippen LogP contribution >= 0.6 is 0 Å². The van der Waals surface area contributed by atoms with E-state index in [0.717, 1.165) is 42.4 Å². The first kappa shape index (κ1) is 31.3. The van der Waals surface area contributed by atoms with Gasteiger partial charge in [0.1, 0.15) is 12.6 Å². The molecule has 1 N–H and O–H groups in total. The maximum atomic E-state index is 14.3. The molecule has 0 unspecified atom stereocenters. The number of amides is 2. The van der Waals surface area contributed by atoms with Crippen molar-refractivity contribution in [1.82, 2.24) is 10.2 Å². The average Bonchev–Trinajstić information content (AvgIpc) is 3.50. The monoisotopic (exact) mass is 589 g/mol. The van der Waals surface area contributed by atoms with Crippen molar-refractivity contribution in [2.24, 2.45) is 0 Å². The van der Waals surface area contributed by atoms with Gasteiger partial charge in [-0.2, -0.15) is 0 Å². The van der Waals surface area contributed by atoms with Gasteiger partial charge >= 0.3 is 0 Å². The van der Waals surface area contributed by atoms with E-state index in [1.807, 2.05) is 50.2 Å². The SMILES string of the molecule is CC[C@H](C(=O)NC1CCCC1)N(Cc1ccccc1C)C(=O)CN(c1ccc(C(C)C)cc1)S(=O)(=O)c1ccccc1. The largest absolute Gasteiger partial charge is 0.352 e. The summed E-state index contributed by atoms with van der Waals surface area (Å²) in [4.78, 5) is 29.5. The molecule has 1 aliphatic carbocycles. The van der Waals surface area contributed by atoms with Gasteiger partial charge < -0.3 is 10.2 Å². The molecule has 8 heteroatoms. The van der Waals surface area contributed by atoms with Crippen molar-refractivity contribution >= 4 is 27.5 Å². The van der Waals surface area contributed by atoms with Crippen molar-refractivity contribution in [3.63, 3.8) is 0 Å². The summed E-state index contributed by atoms with van der Waals surface area (Å²) in [6, 6.07) is 22.6. The van der Waals surface area contributed by atoms with E-state index in [1.54, 1.807) is 35.2 Å². The molecule has 4 rings (SSSR count). The molecule has 3 aromatic rings.